The van der Waals surface area contributed by atoms with E-state index >= 15 is 0 Å². The van der Waals surface area contributed by atoms with Gasteiger partial charge in [-0.2, -0.15) is 5.26 Å². The molecule has 0 spiro atoms. The molecule has 2 aromatic rings. The summed E-state index contributed by atoms with van der Waals surface area (Å²) in [6.45, 7) is 0. The first-order chi connectivity index (χ1) is 10.9. The van der Waals surface area contributed by atoms with Gasteiger partial charge in [0.2, 0.25) is 0 Å². The third-order valence-electron chi connectivity index (χ3n) is 2.83. The van der Waals surface area contributed by atoms with E-state index in [-0.39, 0.29) is 22.0 Å². The molecular formula is C16H9BrClFN2O2. The number of amides is 1. The largest absolute Gasteiger partial charge is 0.507 e. The fourth-order valence-corrected chi connectivity index (χ4v) is 2.28. The van der Waals surface area contributed by atoms with Crippen molar-refractivity contribution >= 4 is 45.2 Å². The highest BCUT2D eigenvalue weighted by molar-refractivity contribution is 9.10. The van der Waals surface area contributed by atoms with Gasteiger partial charge in [-0.1, -0.05) is 27.5 Å². The summed E-state index contributed by atoms with van der Waals surface area (Å²) in [6.07, 6.45) is 1.25. The normalized spacial score (nSPS) is 11.0. The number of hydrogen-bond acceptors (Lipinski definition) is 3. The minimum absolute atomic E-state index is 0.0708. The van der Waals surface area contributed by atoms with Gasteiger partial charge in [-0.3, -0.25) is 4.79 Å². The van der Waals surface area contributed by atoms with Crippen LogP contribution in [0.15, 0.2) is 46.4 Å². The van der Waals surface area contributed by atoms with E-state index in [4.69, 9.17) is 16.9 Å². The number of aromatic hydroxyl groups is 1. The number of hydrogen-bond donors (Lipinski definition) is 2. The van der Waals surface area contributed by atoms with E-state index < -0.39 is 11.7 Å². The van der Waals surface area contributed by atoms with E-state index in [1.54, 1.807) is 18.2 Å². The first-order valence-electron chi connectivity index (χ1n) is 6.27. The molecule has 0 saturated carbocycles. The lowest BCUT2D eigenvalue weighted by atomic mass is 10.1. The first kappa shape index (κ1) is 17.0. The van der Waals surface area contributed by atoms with Crippen molar-refractivity contribution in [3.05, 3.63) is 62.8 Å². The molecule has 2 rings (SSSR count). The Morgan fingerprint density at radius 3 is 2.74 bits per heavy atom. The molecule has 0 bridgehead atoms. The number of halogens is 3. The van der Waals surface area contributed by atoms with E-state index in [9.17, 15) is 14.3 Å². The van der Waals surface area contributed by atoms with E-state index in [0.29, 0.717) is 10.0 Å². The molecule has 0 aliphatic carbocycles. The van der Waals surface area contributed by atoms with Gasteiger partial charge in [0.05, 0.1) is 5.02 Å². The van der Waals surface area contributed by atoms with Crippen molar-refractivity contribution in [2.45, 2.75) is 0 Å². The van der Waals surface area contributed by atoms with Crippen LogP contribution in [0.3, 0.4) is 0 Å². The van der Waals surface area contributed by atoms with E-state index in [0.717, 1.165) is 6.07 Å². The maximum absolute atomic E-state index is 13.1. The zero-order chi connectivity index (χ0) is 17.0. The molecule has 4 nitrogen and oxygen atoms in total. The summed E-state index contributed by atoms with van der Waals surface area (Å²) in [5.41, 5.74) is 0.336. The van der Waals surface area contributed by atoms with Crippen molar-refractivity contribution in [2.75, 3.05) is 5.32 Å². The molecule has 0 saturated heterocycles. The predicted molar refractivity (Wildman–Crippen MR) is 89.4 cm³/mol. The summed E-state index contributed by atoms with van der Waals surface area (Å²) >= 11 is 8.87. The zero-order valence-corrected chi connectivity index (χ0v) is 13.8. The Kier molecular flexibility index (Phi) is 5.37. The Bertz CT molecular complexity index is 846. The molecule has 0 radical (unpaired) electrons. The summed E-state index contributed by atoms with van der Waals surface area (Å²) in [5.74, 6) is -1.38. The molecule has 0 unspecified atom stereocenters. The van der Waals surface area contributed by atoms with Crippen molar-refractivity contribution in [3.63, 3.8) is 0 Å². The first-order valence-corrected chi connectivity index (χ1v) is 7.44. The molecule has 0 aliphatic heterocycles. The number of phenols is 1. The SMILES string of the molecule is N#C/C(=C\c1cc(Br)ccc1O)C(=O)Nc1ccc(F)c(Cl)c1. The Hall–Kier alpha value is -2.36. The minimum atomic E-state index is -0.699. The molecule has 0 fully saturated rings. The van der Waals surface area contributed by atoms with Gasteiger partial charge in [-0.15, -0.1) is 0 Å². The minimum Gasteiger partial charge on any atom is -0.507 e. The van der Waals surface area contributed by atoms with Gasteiger partial charge in [0.25, 0.3) is 5.91 Å². The van der Waals surface area contributed by atoms with Crippen LogP contribution in [0.1, 0.15) is 5.56 Å². The number of nitriles is 1. The monoisotopic (exact) mass is 394 g/mol. The van der Waals surface area contributed by atoms with Gasteiger partial charge in [0.15, 0.2) is 0 Å². The highest BCUT2D eigenvalue weighted by Crippen LogP contribution is 2.25. The Morgan fingerprint density at radius 2 is 2.09 bits per heavy atom. The number of phenolic OH excluding ortho intramolecular Hbond substituents is 1. The maximum Gasteiger partial charge on any atom is 0.266 e. The summed E-state index contributed by atoms with van der Waals surface area (Å²) in [7, 11) is 0. The Balaban J connectivity index is 2.28. The molecule has 2 aromatic carbocycles. The third kappa shape index (κ3) is 4.31. The topological polar surface area (TPSA) is 73.1 Å². The molecule has 116 valence electrons. The van der Waals surface area contributed by atoms with Gasteiger partial charge in [-0.05, 0) is 42.5 Å². The van der Waals surface area contributed by atoms with Crippen LogP contribution < -0.4 is 5.32 Å². The molecule has 0 atom stereocenters. The van der Waals surface area contributed by atoms with Crippen LogP contribution in [0, 0.1) is 17.1 Å². The fraction of sp³-hybridized carbons (Fsp3) is 0. The van der Waals surface area contributed by atoms with E-state index in [1.807, 2.05) is 0 Å². The van der Waals surface area contributed by atoms with E-state index in [2.05, 4.69) is 21.2 Å². The molecule has 1 amide bonds. The molecular weight excluding hydrogens is 387 g/mol. The van der Waals surface area contributed by atoms with Crippen molar-refractivity contribution in [1.82, 2.24) is 0 Å². The zero-order valence-electron chi connectivity index (χ0n) is 11.5. The standard InChI is InChI=1S/C16H9BrClFN2O2/c17-11-1-4-15(22)9(6-11)5-10(8-20)16(23)21-12-2-3-14(19)13(18)7-12/h1-7,22H,(H,21,23)/b10-5+. The van der Waals surface area contributed by atoms with Crippen LogP contribution in [0.2, 0.25) is 5.02 Å². The number of rotatable bonds is 3. The summed E-state index contributed by atoms with van der Waals surface area (Å²) in [6, 6.07) is 10.0. The summed E-state index contributed by atoms with van der Waals surface area (Å²) in [5, 5.41) is 21.2. The lowest BCUT2D eigenvalue weighted by molar-refractivity contribution is -0.112. The lowest BCUT2D eigenvalue weighted by Gasteiger charge is -2.06. The molecule has 0 aromatic heterocycles. The second kappa shape index (κ2) is 7.27. The van der Waals surface area contributed by atoms with Gasteiger partial charge in [0, 0.05) is 15.7 Å². The van der Waals surface area contributed by atoms with Crippen LogP contribution in [0.25, 0.3) is 6.08 Å². The van der Waals surface area contributed by atoms with Crippen molar-refractivity contribution in [3.8, 4) is 11.8 Å². The fourth-order valence-electron chi connectivity index (χ4n) is 1.72. The number of carbonyl (C=O) groups is 1. The molecule has 0 aliphatic rings. The van der Waals surface area contributed by atoms with Crippen LogP contribution in [-0.2, 0) is 4.79 Å². The second-order valence-electron chi connectivity index (χ2n) is 4.46. The summed E-state index contributed by atoms with van der Waals surface area (Å²) < 4.78 is 13.8. The average molecular weight is 396 g/mol. The lowest BCUT2D eigenvalue weighted by Crippen LogP contribution is -2.13. The predicted octanol–water partition coefficient (Wildman–Crippen LogP) is 4.49. The van der Waals surface area contributed by atoms with Crippen molar-refractivity contribution in [2.24, 2.45) is 0 Å². The Morgan fingerprint density at radius 1 is 1.35 bits per heavy atom. The number of nitrogens with one attached hydrogen (secondary N) is 1. The Labute approximate surface area is 144 Å². The average Bonchev–Trinajstić information content (AvgIpc) is 2.51. The number of nitrogens with zero attached hydrogens (tertiary/aromatic N) is 1. The number of benzene rings is 2. The van der Waals surface area contributed by atoms with Crippen molar-refractivity contribution in [1.29, 1.82) is 5.26 Å². The third-order valence-corrected chi connectivity index (χ3v) is 3.61. The summed E-state index contributed by atoms with van der Waals surface area (Å²) in [4.78, 5) is 12.1. The smallest absolute Gasteiger partial charge is 0.266 e. The quantitative estimate of drug-likeness (QED) is 0.594. The van der Waals surface area contributed by atoms with Gasteiger partial charge in [0.1, 0.15) is 23.2 Å². The number of anilines is 1. The van der Waals surface area contributed by atoms with Crippen LogP contribution >= 0.6 is 27.5 Å². The maximum atomic E-state index is 13.1. The molecule has 7 heteroatoms. The highest BCUT2D eigenvalue weighted by Gasteiger charge is 2.12. The van der Waals surface area contributed by atoms with Crippen LogP contribution in [-0.4, -0.2) is 11.0 Å². The van der Waals surface area contributed by atoms with Crippen LogP contribution in [0.4, 0.5) is 10.1 Å². The molecule has 23 heavy (non-hydrogen) atoms. The van der Waals surface area contributed by atoms with Crippen molar-refractivity contribution < 1.29 is 14.3 Å². The van der Waals surface area contributed by atoms with Gasteiger partial charge in [-0.25, -0.2) is 4.39 Å². The number of carbonyl (C=O) groups excluding carboxylic acids is 1. The van der Waals surface area contributed by atoms with Gasteiger partial charge >= 0.3 is 0 Å². The van der Waals surface area contributed by atoms with Crippen LogP contribution in [0.5, 0.6) is 5.75 Å². The highest BCUT2D eigenvalue weighted by atomic mass is 79.9. The second-order valence-corrected chi connectivity index (χ2v) is 5.78. The molecule has 2 N–H and O–H groups in total. The van der Waals surface area contributed by atoms with Gasteiger partial charge < -0.3 is 10.4 Å². The molecule has 0 heterocycles. The van der Waals surface area contributed by atoms with E-state index in [1.165, 1.54) is 24.3 Å².